The molecule has 7 nitrogen and oxygen atoms in total. The van der Waals surface area contributed by atoms with Gasteiger partial charge in [0.1, 0.15) is 18.0 Å². The third-order valence-electron chi connectivity index (χ3n) is 4.05. The Labute approximate surface area is 163 Å². The molecule has 144 valence electrons. The third kappa shape index (κ3) is 4.72. The molecule has 0 bridgehead atoms. The standard InChI is InChI=1S/C20H20N4O3S/c1-3-28(26,27)18-9-5-8-17(11-18)24-20-12-19(21-13-22-20)23-16-7-4-6-15(10-16)14(2)25/h4-13H,3H2,1-2H3,(H2,21,22,23,24). The minimum Gasteiger partial charge on any atom is -0.340 e. The number of ketones is 1. The first-order chi connectivity index (χ1) is 13.4. The van der Waals surface area contributed by atoms with Crippen LogP contribution in [0.15, 0.2) is 65.8 Å². The van der Waals surface area contributed by atoms with Crippen molar-refractivity contribution in [2.24, 2.45) is 0 Å². The summed E-state index contributed by atoms with van der Waals surface area (Å²) in [4.78, 5) is 20.1. The Kier molecular flexibility index (Phi) is 5.70. The molecule has 2 aromatic carbocycles. The lowest BCUT2D eigenvalue weighted by molar-refractivity contribution is 0.101. The fraction of sp³-hybridized carbons (Fsp3) is 0.150. The van der Waals surface area contributed by atoms with Crippen LogP contribution >= 0.6 is 0 Å². The average Bonchev–Trinajstić information content (AvgIpc) is 2.68. The maximum atomic E-state index is 12.1. The molecule has 0 amide bonds. The predicted octanol–water partition coefficient (Wildman–Crippen LogP) is 3.96. The van der Waals surface area contributed by atoms with Crippen LogP contribution in [-0.4, -0.2) is 29.9 Å². The first-order valence-electron chi connectivity index (χ1n) is 8.67. The van der Waals surface area contributed by atoms with Gasteiger partial charge in [-0.1, -0.05) is 25.1 Å². The Morgan fingerprint density at radius 3 is 2.14 bits per heavy atom. The zero-order chi connectivity index (χ0) is 20.1. The number of carbonyl (C=O) groups excluding carboxylic acids is 1. The van der Waals surface area contributed by atoms with Crippen molar-refractivity contribution in [3.05, 3.63) is 66.5 Å². The quantitative estimate of drug-likeness (QED) is 0.583. The second-order valence-electron chi connectivity index (χ2n) is 6.11. The molecule has 2 N–H and O–H groups in total. The maximum Gasteiger partial charge on any atom is 0.178 e. The van der Waals surface area contributed by atoms with E-state index in [0.717, 1.165) is 5.69 Å². The van der Waals surface area contributed by atoms with E-state index in [0.29, 0.717) is 22.9 Å². The summed E-state index contributed by atoms with van der Waals surface area (Å²) >= 11 is 0. The lowest BCUT2D eigenvalue weighted by Gasteiger charge is -2.10. The molecular weight excluding hydrogens is 376 g/mol. The van der Waals surface area contributed by atoms with Crippen LogP contribution in [0, 0.1) is 0 Å². The molecule has 0 radical (unpaired) electrons. The molecule has 8 heteroatoms. The highest BCUT2D eigenvalue weighted by Crippen LogP contribution is 2.22. The van der Waals surface area contributed by atoms with Crippen LogP contribution in [0.2, 0.25) is 0 Å². The van der Waals surface area contributed by atoms with E-state index in [-0.39, 0.29) is 16.4 Å². The number of rotatable bonds is 7. The number of sulfone groups is 1. The summed E-state index contributed by atoms with van der Waals surface area (Å²) < 4.78 is 24.1. The summed E-state index contributed by atoms with van der Waals surface area (Å²) in [7, 11) is -3.29. The topological polar surface area (TPSA) is 101 Å². The lowest BCUT2D eigenvalue weighted by Crippen LogP contribution is -2.04. The fourth-order valence-corrected chi connectivity index (χ4v) is 3.47. The fourth-order valence-electron chi connectivity index (χ4n) is 2.54. The summed E-state index contributed by atoms with van der Waals surface area (Å²) in [5.41, 5.74) is 1.94. The minimum atomic E-state index is -3.29. The van der Waals surface area contributed by atoms with Gasteiger partial charge in [0.05, 0.1) is 10.6 Å². The Morgan fingerprint density at radius 1 is 0.929 bits per heavy atom. The summed E-state index contributed by atoms with van der Waals surface area (Å²) in [5.74, 6) is 1.06. The Hall–Kier alpha value is -3.26. The zero-order valence-electron chi connectivity index (χ0n) is 15.5. The van der Waals surface area contributed by atoms with Gasteiger partial charge in [-0.15, -0.1) is 0 Å². The zero-order valence-corrected chi connectivity index (χ0v) is 16.3. The van der Waals surface area contributed by atoms with Crippen LogP contribution in [-0.2, 0) is 9.84 Å². The van der Waals surface area contributed by atoms with Gasteiger partial charge >= 0.3 is 0 Å². The lowest BCUT2D eigenvalue weighted by atomic mass is 10.1. The van der Waals surface area contributed by atoms with Crippen LogP contribution in [0.3, 0.4) is 0 Å². The third-order valence-corrected chi connectivity index (χ3v) is 5.79. The van der Waals surface area contributed by atoms with Gasteiger partial charge in [0.25, 0.3) is 0 Å². The molecule has 0 unspecified atom stereocenters. The number of Topliss-reactive ketones (excluding diaryl/α,β-unsaturated/α-hetero) is 1. The molecule has 3 aromatic rings. The van der Waals surface area contributed by atoms with E-state index in [4.69, 9.17) is 0 Å². The average molecular weight is 396 g/mol. The van der Waals surface area contributed by atoms with Crippen LogP contribution in [0.4, 0.5) is 23.0 Å². The number of anilines is 4. The number of carbonyl (C=O) groups is 1. The van der Waals surface area contributed by atoms with Crippen molar-refractivity contribution >= 4 is 38.6 Å². The molecular formula is C20H20N4O3S. The Morgan fingerprint density at radius 2 is 1.54 bits per heavy atom. The number of benzene rings is 2. The van der Waals surface area contributed by atoms with Gasteiger partial charge < -0.3 is 10.6 Å². The van der Waals surface area contributed by atoms with Gasteiger partial charge in [-0.3, -0.25) is 4.79 Å². The molecule has 1 heterocycles. The van der Waals surface area contributed by atoms with Crippen LogP contribution in [0.1, 0.15) is 24.2 Å². The van der Waals surface area contributed by atoms with Crippen molar-refractivity contribution in [1.82, 2.24) is 9.97 Å². The van der Waals surface area contributed by atoms with E-state index in [2.05, 4.69) is 20.6 Å². The normalized spacial score (nSPS) is 11.1. The molecule has 0 aliphatic heterocycles. The summed E-state index contributed by atoms with van der Waals surface area (Å²) in [6.45, 7) is 3.12. The van der Waals surface area contributed by atoms with Crippen LogP contribution in [0.5, 0.6) is 0 Å². The number of hydrogen-bond acceptors (Lipinski definition) is 7. The van der Waals surface area contributed by atoms with E-state index < -0.39 is 9.84 Å². The number of aromatic nitrogens is 2. The Bertz CT molecular complexity index is 1110. The molecule has 0 saturated carbocycles. The van der Waals surface area contributed by atoms with Crippen molar-refractivity contribution in [2.45, 2.75) is 18.7 Å². The second kappa shape index (κ2) is 8.18. The largest absolute Gasteiger partial charge is 0.340 e. The van der Waals surface area contributed by atoms with E-state index in [1.165, 1.54) is 13.3 Å². The maximum absolute atomic E-state index is 12.1. The summed E-state index contributed by atoms with van der Waals surface area (Å²) in [6, 6.07) is 15.4. The Balaban J connectivity index is 1.80. The number of nitrogens with one attached hydrogen (secondary N) is 2. The van der Waals surface area contributed by atoms with E-state index >= 15 is 0 Å². The van der Waals surface area contributed by atoms with Crippen molar-refractivity contribution < 1.29 is 13.2 Å². The van der Waals surface area contributed by atoms with Crippen molar-refractivity contribution in [3.63, 3.8) is 0 Å². The molecule has 0 atom stereocenters. The molecule has 28 heavy (non-hydrogen) atoms. The molecule has 0 spiro atoms. The molecule has 0 saturated heterocycles. The highest BCUT2D eigenvalue weighted by Gasteiger charge is 2.12. The number of hydrogen-bond donors (Lipinski definition) is 2. The van der Waals surface area contributed by atoms with Gasteiger partial charge in [0.15, 0.2) is 15.6 Å². The first kappa shape index (κ1) is 19.5. The van der Waals surface area contributed by atoms with E-state index in [1.54, 1.807) is 55.5 Å². The van der Waals surface area contributed by atoms with Gasteiger partial charge in [0.2, 0.25) is 0 Å². The van der Waals surface area contributed by atoms with Gasteiger partial charge in [-0.05, 0) is 37.3 Å². The van der Waals surface area contributed by atoms with E-state index in [9.17, 15) is 13.2 Å². The predicted molar refractivity (Wildman–Crippen MR) is 109 cm³/mol. The molecule has 3 rings (SSSR count). The monoisotopic (exact) mass is 396 g/mol. The van der Waals surface area contributed by atoms with Crippen LogP contribution in [0.25, 0.3) is 0 Å². The highest BCUT2D eigenvalue weighted by atomic mass is 32.2. The molecule has 0 aliphatic rings. The first-order valence-corrected chi connectivity index (χ1v) is 10.3. The highest BCUT2D eigenvalue weighted by molar-refractivity contribution is 7.91. The SMILES string of the molecule is CCS(=O)(=O)c1cccc(Nc2cc(Nc3cccc(C(C)=O)c3)ncn2)c1. The minimum absolute atomic E-state index is 0.0180. The van der Waals surface area contributed by atoms with E-state index in [1.807, 2.05) is 6.07 Å². The summed E-state index contributed by atoms with van der Waals surface area (Å²) in [5, 5.41) is 6.22. The van der Waals surface area contributed by atoms with Crippen molar-refractivity contribution in [1.29, 1.82) is 0 Å². The molecule has 0 fully saturated rings. The molecule has 0 aliphatic carbocycles. The molecule has 1 aromatic heterocycles. The van der Waals surface area contributed by atoms with Crippen LogP contribution < -0.4 is 10.6 Å². The second-order valence-corrected chi connectivity index (χ2v) is 8.38. The smallest absolute Gasteiger partial charge is 0.178 e. The van der Waals surface area contributed by atoms with Crippen molar-refractivity contribution in [2.75, 3.05) is 16.4 Å². The van der Waals surface area contributed by atoms with Crippen molar-refractivity contribution in [3.8, 4) is 0 Å². The van der Waals surface area contributed by atoms with Gasteiger partial charge in [0, 0.05) is 23.0 Å². The number of nitrogens with zero attached hydrogens (tertiary/aromatic N) is 2. The van der Waals surface area contributed by atoms with Gasteiger partial charge in [-0.2, -0.15) is 0 Å². The van der Waals surface area contributed by atoms with Gasteiger partial charge in [-0.25, -0.2) is 18.4 Å². The summed E-state index contributed by atoms with van der Waals surface area (Å²) in [6.07, 6.45) is 1.39.